The molecular weight excluding hydrogens is 304 g/mol. The highest BCUT2D eigenvalue weighted by molar-refractivity contribution is 6.30. The molecule has 1 unspecified atom stereocenters. The number of para-hydroxylation sites is 1. The monoisotopic (exact) mass is 313 g/mol. The Hall–Kier alpha value is -2.05. The van der Waals surface area contributed by atoms with Crippen LogP contribution in [-0.4, -0.2) is 10.0 Å². The number of aliphatic hydroxyl groups is 1. The van der Waals surface area contributed by atoms with Crippen LogP contribution in [-0.2, 0) is 6.42 Å². The van der Waals surface area contributed by atoms with Crippen LogP contribution in [0.1, 0.15) is 17.2 Å². The minimum Gasteiger partial charge on any atom is -0.388 e. The van der Waals surface area contributed by atoms with E-state index in [1.165, 1.54) is 18.2 Å². The molecular formula is C14H10ClF2NO3. The van der Waals surface area contributed by atoms with Gasteiger partial charge in [-0.05, 0) is 12.1 Å². The maximum Gasteiger partial charge on any atom is 0.272 e. The molecule has 2 rings (SSSR count). The van der Waals surface area contributed by atoms with Gasteiger partial charge in [0.2, 0.25) is 0 Å². The van der Waals surface area contributed by atoms with Gasteiger partial charge >= 0.3 is 0 Å². The number of nitro groups is 1. The van der Waals surface area contributed by atoms with Gasteiger partial charge in [0.15, 0.2) is 0 Å². The van der Waals surface area contributed by atoms with E-state index in [2.05, 4.69) is 0 Å². The summed E-state index contributed by atoms with van der Waals surface area (Å²) in [7, 11) is 0. The standard InChI is InChI=1S/C14H10ClF2NO3/c15-10-7-11(16)9(6-12(10)17)14(19)5-8-3-1-2-4-13(8)18(20)21/h1-4,6-7,14,19H,5H2. The molecule has 0 aliphatic heterocycles. The lowest BCUT2D eigenvalue weighted by Crippen LogP contribution is -2.07. The normalized spacial score (nSPS) is 12.2. The van der Waals surface area contributed by atoms with E-state index in [4.69, 9.17) is 11.6 Å². The number of rotatable bonds is 4. The molecule has 0 aliphatic carbocycles. The molecule has 0 spiro atoms. The highest BCUT2D eigenvalue weighted by Gasteiger charge is 2.20. The van der Waals surface area contributed by atoms with Crippen LogP contribution in [0.5, 0.6) is 0 Å². The van der Waals surface area contributed by atoms with Crippen LogP contribution in [0.4, 0.5) is 14.5 Å². The maximum atomic E-state index is 13.7. The number of nitrogens with zero attached hydrogens (tertiary/aromatic N) is 1. The van der Waals surface area contributed by atoms with Crippen molar-refractivity contribution in [2.45, 2.75) is 12.5 Å². The highest BCUT2D eigenvalue weighted by Crippen LogP contribution is 2.28. The summed E-state index contributed by atoms with van der Waals surface area (Å²) in [5, 5.41) is 20.5. The molecule has 1 atom stereocenters. The molecule has 0 saturated carbocycles. The van der Waals surface area contributed by atoms with E-state index in [1.807, 2.05) is 0 Å². The average Bonchev–Trinajstić information content (AvgIpc) is 2.43. The van der Waals surface area contributed by atoms with E-state index in [1.54, 1.807) is 6.07 Å². The van der Waals surface area contributed by atoms with E-state index in [9.17, 15) is 24.0 Å². The first-order valence-corrected chi connectivity index (χ1v) is 6.32. The summed E-state index contributed by atoms with van der Waals surface area (Å²) in [4.78, 5) is 10.3. The topological polar surface area (TPSA) is 63.4 Å². The zero-order valence-corrected chi connectivity index (χ0v) is 11.3. The quantitative estimate of drug-likeness (QED) is 0.530. The zero-order valence-electron chi connectivity index (χ0n) is 10.6. The Morgan fingerprint density at radius 1 is 1.24 bits per heavy atom. The Balaban J connectivity index is 2.33. The lowest BCUT2D eigenvalue weighted by Gasteiger charge is -2.13. The second kappa shape index (κ2) is 6.15. The van der Waals surface area contributed by atoms with E-state index in [-0.39, 0.29) is 23.2 Å². The number of aliphatic hydroxyl groups excluding tert-OH is 1. The molecule has 0 fully saturated rings. The third kappa shape index (κ3) is 3.34. The first-order valence-electron chi connectivity index (χ1n) is 5.95. The average molecular weight is 314 g/mol. The summed E-state index contributed by atoms with van der Waals surface area (Å²) in [5.41, 5.74) is -0.258. The SMILES string of the molecule is O=[N+]([O-])c1ccccc1CC(O)c1cc(F)c(Cl)cc1F. The van der Waals surface area contributed by atoms with Crippen molar-refractivity contribution in [1.82, 2.24) is 0 Å². The van der Waals surface area contributed by atoms with Gasteiger partial charge in [-0.1, -0.05) is 29.8 Å². The summed E-state index contributed by atoms with van der Waals surface area (Å²) < 4.78 is 27.0. The minimum atomic E-state index is -1.42. The fourth-order valence-corrected chi connectivity index (χ4v) is 2.12. The van der Waals surface area contributed by atoms with Gasteiger partial charge in [-0.3, -0.25) is 10.1 Å². The van der Waals surface area contributed by atoms with E-state index in [0.29, 0.717) is 0 Å². The predicted molar refractivity (Wildman–Crippen MR) is 73.1 cm³/mol. The van der Waals surface area contributed by atoms with Gasteiger partial charge < -0.3 is 5.11 Å². The maximum absolute atomic E-state index is 13.7. The Morgan fingerprint density at radius 2 is 1.90 bits per heavy atom. The summed E-state index contributed by atoms with van der Waals surface area (Å²) >= 11 is 5.43. The third-order valence-corrected chi connectivity index (χ3v) is 3.29. The van der Waals surface area contributed by atoms with Gasteiger partial charge in [0.1, 0.15) is 11.6 Å². The minimum absolute atomic E-state index is 0.189. The van der Waals surface area contributed by atoms with E-state index in [0.717, 1.165) is 12.1 Å². The zero-order chi connectivity index (χ0) is 15.6. The summed E-state index contributed by atoms with van der Waals surface area (Å²) in [6, 6.07) is 7.32. The predicted octanol–water partition coefficient (Wildman–Crippen LogP) is 3.80. The fourth-order valence-electron chi connectivity index (χ4n) is 1.97. The molecule has 0 aromatic heterocycles. The van der Waals surface area contributed by atoms with Crippen LogP contribution in [0.3, 0.4) is 0 Å². The summed E-state index contributed by atoms with van der Waals surface area (Å²) in [6.45, 7) is 0. The molecule has 0 radical (unpaired) electrons. The van der Waals surface area contributed by atoms with E-state index < -0.39 is 27.7 Å². The lowest BCUT2D eigenvalue weighted by atomic mass is 9.99. The van der Waals surface area contributed by atoms with Crippen molar-refractivity contribution in [3.63, 3.8) is 0 Å². The molecule has 110 valence electrons. The summed E-state index contributed by atoms with van der Waals surface area (Å²) in [6.07, 6.45) is -1.63. The van der Waals surface area contributed by atoms with Crippen molar-refractivity contribution in [2.24, 2.45) is 0 Å². The molecule has 4 nitrogen and oxygen atoms in total. The number of nitro benzene ring substituents is 1. The smallest absolute Gasteiger partial charge is 0.272 e. The third-order valence-electron chi connectivity index (χ3n) is 3.00. The molecule has 7 heteroatoms. The first kappa shape index (κ1) is 15.3. The Kier molecular flexibility index (Phi) is 4.50. The molecule has 0 amide bonds. The Bertz CT molecular complexity index is 694. The van der Waals surface area contributed by atoms with Crippen molar-refractivity contribution < 1.29 is 18.8 Å². The van der Waals surface area contributed by atoms with Crippen molar-refractivity contribution >= 4 is 17.3 Å². The van der Waals surface area contributed by atoms with Crippen molar-refractivity contribution in [3.05, 3.63) is 74.3 Å². The molecule has 2 aromatic rings. The van der Waals surface area contributed by atoms with E-state index >= 15 is 0 Å². The lowest BCUT2D eigenvalue weighted by molar-refractivity contribution is -0.385. The number of hydrogen-bond donors (Lipinski definition) is 1. The molecule has 0 heterocycles. The molecule has 1 N–H and O–H groups in total. The highest BCUT2D eigenvalue weighted by atomic mass is 35.5. The first-order chi connectivity index (χ1) is 9.90. The van der Waals surface area contributed by atoms with Crippen LogP contribution >= 0.6 is 11.6 Å². The molecule has 21 heavy (non-hydrogen) atoms. The molecule has 0 bridgehead atoms. The van der Waals surface area contributed by atoms with Gasteiger partial charge in [0.25, 0.3) is 5.69 Å². The van der Waals surface area contributed by atoms with Crippen LogP contribution in [0.2, 0.25) is 5.02 Å². The van der Waals surface area contributed by atoms with Gasteiger partial charge in [-0.25, -0.2) is 8.78 Å². The Labute approximate surface area is 123 Å². The van der Waals surface area contributed by atoms with Gasteiger partial charge in [-0.15, -0.1) is 0 Å². The van der Waals surface area contributed by atoms with Crippen molar-refractivity contribution in [2.75, 3.05) is 0 Å². The summed E-state index contributed by atoms with van der Waals surface area (Å²) in [5.74, 6) is -1.73. The second-order valence-corrected chi connectivity index (χ2v) is 4.80. The van der Waals surface area contributed by atoms with Crippen molar-refractivity contribution in [3.8, 4) is 0 Å². The van der Waals surface area contributed by atoms with Crippen LogP contribution in [0.15, 0.2) is 36.4 Å². The van der Waals surface area contributed by atoms with Gasteiger partial charge in [0, 0.05) is 23.6 Å². The van der Waals surface area contributed by atoms with Crippen molar-refractivity contribution in [1.29, 1.82) is 0 Å². The largest absolute Gasteiger partial charge is 0.388 e. The Morgan fingerprint density at radius 3 is 2.57 bits per heavy atom. The second-order valence-electron chi connectivity index (χ2n) is 4.39. The van der Waals surface area contributed by atoms with Crippen LogP contribution < -0.4 is 0 Å². The molecule has 0 saturated heterocycles. The fraction of sp³-hybridized carbons (Fsp3) is 0.143. The number of halogens is 3. The number of hydrogen-bond acceptors (Lipinski definition) is 3. The van der Waals surface area contributed by atoms with Gasteiger partial charge in [-0.2, -0.15) is 0 Å². The van der Waals surface area contributed by atoms with Gasteiger partial charge in [0.05, 0.1) is 16.0 Å². The molecule has 2 aromatic carbocycles. The van der Waals surface area contributed by atoms with Crippen LogP contribution in [0, 0.1) is 21.7 Å². The molecule has 0 aliphatic rings. The van der Waals surface area contributed by atoms with Crippen LogP contribution in [0.25, 0.3) is 0 Å². The number of benzene rings is 2.